The molecule has 1 aromatic carbocycles. The number of benzene rings is 1. The maximum atomic E-state index is 13.3. The Hall–Kier alpha value is -2.36. The zero-order valence-electron chi connectivity index (χ0n) is 14.4. The Balaban J connectivity index is 1.72. The third-order valence-corrected chi connectivity index (χ3v) is 4.81. The first-order valence-corrected chi connectivity index (χ1v) is 9.01. The fraction of sp³-hybridized carbons (Fsp3) is 0.353. The quantitative estimate of drug-likeness (QED) is 0.789. The molecule has 1 saturated heterocycles. The number of hydrogen-bond donors (Lipinski definition) is 1. The van der Waals surface area contributed by atoms with Crippen molar-refractivity contribution in [2.75, 3.05) is 43.0 Å². The van der Waals surface area contributed by atoms with Gasteiger partial charge >= 0.3 is 6.18 Å². The number of hydrogen-bond acceptors (Lipinski definition) is 5. The summed E-state index contributed by atoms with van der Waals surface area (Å²) < 4.78 is 40.4. The fourth-order valence-electron chi connectivity index (χ4n) is 2.93. The molecule has 0 bridgehead atoms. The van der Waals surface area contributed by atoms with Crippen molar-refractivity contribution in [3.8, 4) is 0 Å². The number of rotatable bonds is 3. The second kappa shape index (κ2) is 7.71. The van der Waals surface area contributed by atoms with E-state index in [4.69, 9.17) is 0 Å². The largest absolute Gasteiger partial charge is 0.418 e. The SMILES string of the molecule is CNC(=O)c1ccc(N2CCN(c3ccc(Br)cc3C(F)(F)F)CC2)nn1. The lowest BCUT2D eigenvalue weighted by atomic mass is 10.1. The zero-order valence-corrected chi connectivity index (χ0v) is 16.0. The summed E-state index contributed by atoms with van der Waals surface area (Å²) in [6.45, 7) is 1.84. The number of nitrogens with one attached hydrogen (secondary N) is 1. The van der Waals surface area contributed by atoms with Crippen LogP contribution in [-0.4, -0.2) is 49.3 Å². The molecule has 2 aromatic rings. The molecule has 0 spiro atoms. The summed E-state index contributed by atoms with van der Waals surface area (Å²) in [5.41, 5.74) is -0.268. The van der Waals surface area contributed by atoms with Crippen molar-refractivity contribution in [2.45, 2.75) is 6.18 Å². The van der Waals surface area contributed by atoms with Crippen LogP contribution >= 0.6 is 15.9 Å². The molecular formula is C17H17BrF3N5O. The molecular weight excluding hydrogens is 427 g/mol. The van der Waals surface area contributed by atoms with Crippen LogP contribution in [0.5, 0.6) is 0 Å². The van der Waals surface area contributed by atoms with Gasteiger partial charge in [-0.25, -0.2) is 0 Å². The van der Waals surface area contributed by atoms with Gasteiger partial charge in [-0.2, -0.15) is 13.2 Å². The van der Waals surface area contributed by atoms with Crippen LogP contribution in [0, 0.1) is 0 Å². The van der Waals surface area contributed by atoms with Gasteiger partial charge in [-0.1, -0.05) is 15.9 Å². The van der Waals surface area contributed by atoms with E-state index in [1.807, 2.05) is 4.90 Å². The number of amides is 1. The molecule has 27 heavy (non-hydrogen) atoms. The van der Waals surface area contributed by atoms with Gasteiger partial charge in [0.05, 0.1) is 5.56 Å². The topological polar surface area (TPSA) is 61.4 Å². The minimum Gasteiger partial charge on any atom is -0.367 e. The van der Waals surface area contributed by atoms with Gasteiger partial charge in [0.2, 0.25) is 0 Å². The van der Waals surface area contributed by atoms with E-state index in [2.05, 4.69) is 31.4 Å². The van der Waals surface area contributed by atoms with Crippen molar-refractivity contribution in [2.24, 2.45) is 0 Å². The van der Waals surface area contributed by atoms with Gasteiger partial charge in [-0.3, -0.25) is 4.79 Å². The molecule has 3 rings (SSSR count). The summed E-state index contributed by atoms with van der Waals surface area (Å²) in [6, 6.07) is 7.46. The summed E-state index contributed by atoms with van der Waals surface area (Å²) in [4.78, 5) is 15.2. The zero-order chi connectivity index (χ0) is 19.6. The predicted molar refractivity (Wildman–Crippen MR) is 99.0 cm³/mol. The number of anilines is 2. The molecule has 144 valence electrons. The molecule has 0 unspecified atom stereocenters. The summed E-state index contributed by atoms with van der Waals surface area (Å²) in [6.07, 6.45) is -4.42. The highest BCUT2D eigenvalue weighted by atomic mass is 79.9. The van der Waals surface area contributed by atoms with Gasteiger partial charge in [0.1, 0.15) is 0 Å². The maximum Gasteiger partial charge on any atom is 0.418 e. The second-order valence-corrected chi connectivity index (χ2v) is 6.90. The lowest BCUT2D eigenvalue weighted by molar-refractivity contribution is -0.137. The highest BCUT2D eigenvalue weighted by molar-refractivity contribution is 9.10. The molecule has 1 amide bonds. The van der Waals surface area contributed by atoms with Crippen molar-refractivity contribution in [3.63, 3.8) is 0 Å². The van der Waals surface area contributed by atoms with Crippen molar-refractivity contribution in [3.05, 3.63) is 46.1 Å². The summed E-state index contributed by atoms with van der Waals surface area (Å²) in [5, 5.41) is 10.4. The van der Waals surface area contributed by atoms with Crippen LogP contribution in [0.1, 0.15) is 16.1 Å². The number of carbonyl (C=O) groups is 1. The molecule has 1 N–H and O–H groups in total. The minimum absolute atomic E-state index is 0.173. The second-order valence-electron chi connectivity index (χ2n) is 5.99. The number of piperazine rings is 1. The molecule has 0 saturated carbocycles. The average Bonchev–Trinajstić information content (AvgIpc) is 2.67. The molecule has 6 nitrogen and oxygen atoms in total. The van der Waals surface area contributed by atoms with E-state index in [9.17, 15) is 18.0 Å². The monoisotopic (exact) mass is 443 g/mol. The van der Waals surface area contributed by atoms with Crippen molar-refractivity contribution >= 4 is 33.3 Å². The molecule has 0 radical (unpaired) electrons. The Bertz CT molecular complexity index is 820. The summed E-state index contributed by atoms with van der Waals surface area (Å²) >= 11 is 3.10. The van der Waals surface area contributed by atoms with Crippen molar-refractivity contribution < 1.29 is 18.0 Å². The van der Waals surface area contributed by atoms with Crippen LogP contribution in [0.3, 0.4) is 0 Å². The predicted octanol–water partition coefficient (Wildman–Crippen LogP) is 2.94. The minimum atomic E-state index is -4.42. The van der Waals surface area contributed by atoms with E-state index in [1.165, 1.54) is 13.1 Å². The summed E-state index contributed by atoms with van der Waals surface area (Å²) in [7, 11) is 1.51. The normalized spacial score (nSPS) is 15.0. The number of nitrogens with zero attached hydrogens (tertiary/aromatic N) is 4. The molecule has 1 fully saturated rings. The van der Waals surface area contributed by atoms with Crippen LogP contribution in [0.2, 0.25) is 0 Å². The van der Waals surface area contributed by atoms with Crippen molar-refractivity contribution in [1.82, 2.24) is 15.5 Å². The maximum absolute atomic E-state index is 13.3. The fourth-order valence-corrected chi connectivity index (χ4v) is 3.29. The number of alkyl halides is 3. The number of aromatic nitrogens is 2. The third kappa shape index (κ3) is 4.32. The Morgan fingerprint density at radius 1 is 1.07 bits per heavy atom. The Morgan fingerprint density at radius 2 is 1.74 bits per heavy atom. The van der Waals surface area contributed by atoms with Gasteiger partial charge in [0.25, 0.3) is 5.91 Å². The molecule has 1 aromatic heterocycles. The van der Waals surface area contributed by atoms with E-state index >= 15 is 0 Å². The molecule has 10 heteroatoms. The highest BCUT2D eigenvalue weighted by Gasteiger charge is 2.35. The highest BCUT2D eigenvalue weighted by Crippen LogP contribution is 2.38. The third-order valence-electron chi connectivity index (χ3n) is 4.32. The van der Waals surface area contributed by atoms with Gasteiger partial charge in [0, 0.05) is 43.4 Å². The van der Waals surface area contributed by atoms with E-state index in [-0.39, 0.29) is 17.3 Å². The number of halogens is 4. The smallest absolute Gasteiger partial charge is 0.367 e. The van der Waals surface area contributed by atoms with Gasteiger partial charge in [-0.15, -0.1) is 10.2 Å². The van der Waals surface area contributed by atoms with E-state index < -0.39 is 11.7 Å². The van der Waals surface area contributed by atoms with Gasteiger partial charge in [-0.05, 0) is 30.3 Å². The van der Waals surface area contributed by atoms with Crippen LogP contribution < -0.4 is 15.1 Å². The van der Waals surface area contributed by atoms with Crippen LogP contribution in [0.15, 0.2) is 34.8 Å². The molecule has 1 aliphatic rings. The average molecular weight is 444 g/mol. The van der Waals surface area contributed by atoms with E-state index in [1.54, 1.807) is 23.1 Å². The number of carbonyl (C=O) groups excluding carboxylic acids is 1. The Morgan fingerprint density at radius 3 is 2.30 bits per heavy atom. The first kappa shape index (κ1) is 19.4. The molecule has 0 atom stereocenters. The van der Waals surface area contributed by atoms with Crippen LogP contribution in [-0.2, 0) is 6.18 Å². The van der Waals surface area contributed by atoms with Crippen LogP contribution in [0.25, 0.3) is 0 Å². The molecule has 0 aliphatic carbocycles. The lowest BCUT2D eigenvalue weighted by Crippen LogP contribution is -2.47. The standard InChI is InChI=1S/C17H17BrF3N5O/c1-22-16(27)13-3-5-15(24-23-13)26-8-6-25(7-9-26)14-4-2-11(18)10-12(14)17(19,20)21/h2-5,10H,6-9H2,1H3,(H,22,27). The van der Waals surface area contributed by atoms with Gasteiger partial charge < -0.3 is 15.1 Å². The van der Waals surface area contributed by atoms with Crippen molar-refractivity contribution in [1.29, 1.82) is 0 Å². The summed E-state index contributed by atoms with van der Waals surface area (Å²) in [5.74, 6) is 0.267. The van der Waals surface area contributed by atoms with E-state index in [0.29, 0.717) is 36.5 Å². The lowest BCUT2D eigenvalue weighted by Gasteiger charge is -2.37. The van der Waals surface area contributed by atoms with E-state index in [0.717, 1.165) is 6.07 Å². The Kier molecular flexibility index (Phi) is 5.54. The molecule has 2 heterocycles. The first-order valence-electron chi connectivity index (χ1n) is 8.22. The van der Waals surface area contributed by atoms with Crippen LogP contribution in [0.4, 0.5) is 24.7 Å². The first-order chi connectivity index (χ1) is 12.8. The Labute approximate surface area is 162 Å². The molecule has 1 aliphatic heterocycles. The van der Waals surface area contributed by atoms with Gasteiger partial charge in [0.15, 0.2) is 11.5 Å².